The zero-order valence-corrected chi connectivity index (χ0v) is 15.5. The molecule has 1 amide bonds. The van der Waals surface area contributed by atoms with Crippen molar-refractivity contribution < 1.29 is 9.53 Å². The Hall–Kier alpha value is -0.850. The molecule has 1 fully saturated rings. The molecule has 0 aromatic heterocycles. The SMILES string of the molecule is Cc1ccc(C(CNC(=O)C2COCCN2)N(C)C)cc1.Cl.Cl. The van der Waals surface area contributed by atoms with Crippen LogP contribution in [0.2, 0.25) is 0 Å². The second kappa shape index (κ2) is 10.8. The topological polar surface area (TPSA) is 53.6 Å². The molecule has 2 rings (SSSR count). The first-order valence-corrected chi connectivity index (χ1v) is 7.40. The van der Waals surface area contributed by atoms with Gasteiger partial charge in [0.1, 0.15) is 6.04 Å². The van der Waals surface area contributed by atoms with E-state index in [9.17, 15) is 4.79 Å². The molecular weight excluding hydrogens is 337 g/mol. The molecule has 0 saturated carbocycles. The van der Waals surface area contributed by atoms with Gasteiger partial charge in [0.05, 0.1) is 19.3 Å². The lowest BCUT2D eigenvalue weighted by molar-refractivity contribution is -0.126. The van der Waals surface area contributed by atoms with E-state index >= 15 is 0 Å². The highest BCUT2D eigenvalue weighted by Crippen LogP contribution is 2.17. The summed E-state index contributed by atoms with van der Waals surface area (Å²) in [5.41, 5.74) is 2.45. The summed E-state index contributed by atoms with van der Waals surface area (Å²) in [6, 6.07) is 8.37. The second-order valence-corrected chi connectivity index (χ2v) is 5.72. The van der Waals surface area contributed by atoms with Gasteiger partial charge in [0.25, 0.3) is 0 Å². The normalized spacial score (nSPS) is 18.5. The van der Waals surface area contributed by atoms with Crippen LogP contribution in [0.4, 0.5) is 0 Å². The number of carbonyl (C=O) groups excluding carboxylic acids is 1. The molecule has 0 aliphatic carbocycles. The number of ether oxygens (including phenoxy) is 1. The third kappa shape index (κ3) is 6.65. The minimum atomic E-state index is -0.236. The first-order chi connectivity index (χ1) is 10.1. The van der Waals surface area contributed by atoms with E-state index < -0.39 is 0 Å². The number of likely N-dealkylation sites (N-methyl/N-ethyl adjacent to an activating group) is 1. The fraction of sp³-hybridized carbons (Fsp3) is 0.562. The molecule has 7 heteroatoms. The van der Waals surface area contributed by atoms with Gasteiger partial charge >= 0.3 is 0 Å². The fourth-order valence-corrected chi connectivity index (χ4v) is 2.44. The molecule has 1 aliphatic rings. The molecule has 0 spiro atoms. The Labute approximate surface area is 151 Å². The number of benzene rings is 1. The van der Waals surface area contributed by atoms with Crippen LogP contribution in [0.1, 0.15) is 17.2 Å². The zero-order valence-electron chi connectivity index (χ0n) is 13.9. The lowest BCUT2D eigenvalue weighted by Gasteiger charge is -2.27. The molecule has 2 atom stereocenters. The van der Waals surface area contributed by atoms with Gasteiger partial charge in [-0.25, -0.2) is 0 Å². The average Bonchev–Trinajstić information content (AvgIpc) is 2.49. The molecule has 0 radical (unpaired) electrons. The summed E-state index contributed by atoms with van der Waals surface area (Å²) >= 11 is 0. The Morgan fingerprint density at radius 1 is 1.35 bits per heavy atom. The third-order valence-corrected chi connectivity index (χ3v) is 3.79. The van der Waals surface area contributed by atoms with Crippen LogP contribution in [0.3, 0.4) is 0 Å². The zero-order chi connectivity index (χ0) is 15.2. The number of aryl methyl sites for hydroxylation is 1. The monoisotopic (exact) mass is 363 g/mol. The van der Waals surface area contributed by atoms with Gasteiger partial charge in [-0.05, 0) is 26.6 Å². The highest BCUT2D eigenvalue weighted by atomic mass is 35.5. The van der Waals surface area contributed by atoms with E-state index in [-0.39, 0.29) is 42.8 Å². The smallest absolute Gasteiger partial charge is 0.239 e. The van der Waals surface area contributed by atoms with Crippen LogP contribution in [-0.4, -0.2) is 57.2 Å². The van der Waals surface area contributed by atoms with Gasteiger partial charge in [-0.3, -0.25) is 4.79 Å². The molecule has 1 aromatic carbocycles. The number of morpholine rings is 1. The van der Waals surface area contributed by atoms with Crippen LogP contribution in [-0.2, 0) is 9.53 Å². The lowest BCUT2D eigenvalue weighted by atomic mass is 10.0. The van der Waals surface area contributed by atoms with Crippen LogP contribution in [0.5, 0.6) is 0 Å². The molecule has 1 heterocycles. The summed E-state index contributed by atoms with van der Waals surface area (Å²) < 4.78 is 5.32. The number of nitrogens with zero attached hydrogens (tertiary/aromatic N) is 1. The number of nitrogens with one attached hydrogen (secondary N) is 2. The molecule has 23 heavy (non-hydrogen) atoms. The lowest BCUT2D eigenvalue weighted by Crippen LogP contribution is -2.52. The maximum Gasteiger partial charge on any atom is 0.239 e. The molecule has 0 bridgehead atoms. The van der Waals surface area contributed by atoms with Crippen molar-refractivity contribution in [3.05, 3.63) is 35.4 Å². The molecule has 2 N–H and O–H groups in total. The Kier molecular flexibility index (Phi) is 10.4. The van der Waals surface area contributed by atoms with Gasteiger partial charge in [0.15, 0.2) is 0 Å². The first-order valence-electron chi connectivity index (χ1n) is 7.40. The highest BCUT2D eigenvalue weighted by Gasteiger charge is 2.22. The van der Waals surface area contributed by atoms with E-state index in [1.165, 1.54) is 11.1 Å². The van der Waals surface area contributed by atoms with E-state index in [2.05, 4.69) is 46.7 Å². The first kappa shape index (κ1) is 22.1. The van der Waals surface area contributed by atoms with Gasteiger partial charge in [-0.2, -0.15) is 0 Å². The number of amides is 1. The molecule has 5 nitrogen and oxygen atoms in total. The van der Waals surface area contributed by atoms with Crippen LogP contribution in [0, 0.1) is 6.92 Å². The predicted molar refractivity (Wildman–Crippen MR) is 97.7 cm³/mol. The largest absolute Gasteiger partial charge is 0.378 e. The van der Waals surface area contributed by atoms with E-state index in [4.69, 9.17) is 4.74 Å². The quantitative estimate of drug-likeness (QED) is 0.833. The van der Waals surface area contributed by atoms with Crippen molar-refractivity contribution in [3.63, 3.8) is 0 Å². The van der Waals surface area contributed by atoms with Crippen LogP contribution in [0.15, 0.2) is 24.3 Å². The van der Waals surface area contributed by atoms with Crippen molar-refractivity contribution >= 4 is 30.7 Å². The molecule has 1 saturated heterocycles. The van der Waals surface area contributed by atoms with Crippen LogP contribution >= 0.6 is 24.8 Å². The molecule has 1 aliphatic heterocycles. The van der Waals surface area contributed by atoms with E-state index in [1.807, 2.05) is 14.1 Å². The van der Waals surface area contributed by atoms with Gasteiger partial charge in [-0.15, -0.1) is 24.8 Å². The highest BCUT2D eigenvalue weighted by molar-refractivity contribution is 5.85. The number of hydrogen-bond donors (Lipinski definition) is 2. The minimum absolute atomic E-state index is 0. The Balaban J connectivity index is 0.00000242. The maximum absolute atomic E-state index is 12.1. The van der Waals surface area contributed by atoms with E-state index in [0.29, 0.717) is 19.8 Å². The standard InChI is InChI=1S/C16H25N3O2.2ClH/c1-12-4-6-13(7-5-12)15(19(2)3)10-18-16(20)14-11-21-9-8-17-14;;/h4-7,14-15,17H,8-11H2,1-3H3,(H,18,20);2*1H. The average molecular weight is 364 g/mol. The van der Waals surface area contributed by atoms with E-state index in [0.717, 1.165) is 6.54 Å². The van der Waals surface area contributed by atoms with Crippen molar-refractivity contribution in [3.8, 4) is 0 Å². The van der Waals surface area contributed by atoms with Gasteiger partial charge < -0.3 is 20.3 Å². The Bertz CT molecular complexity index is 463. The number of hydrogen-bond acceptors (Lipinski definition) is 4. The van der Waals surface area contributed by atoms with Gasteiger partial charge in [-0.1, -0.05) is 29.8 Å². The fourth-order valence-electron chi connectivity index (χ4n) is 2.44. The molecule has 2 unspecified atom stereocenters. The summed E-state index contributed by atoms with van der Waals surface area (Å²) in [5.74, 6) is 0.00802. The summed E-state index contributed by atoms with van der Waals surface area (Å²) in [6.45, 7) is 4.52. The van der Waals surface area contributed by atoms with E-state index in [1.54, 1.807) is 0 Å². The number of rotatable bonds is 5. The number of halogens is 2. The molecular formula is C16H27Cl2N3O2. The second-order valence-electron chi connectivity index (χ2n) is 5.72. The predicted octanol–water partition coefficient (Wildman–Crippen LogP) is 1.55. The maximum atomic E-state index is 12.1. The minimum Gasteiger partial charge on any atom is -0.378 e. The van der Waals surface area contributed by atoms with Crippen molar-refractivity contribution in [2.45, 2.75) is 19.0 Å². The van der Waals surface area contributed by atoms with Crippen LogP contribution in [0.25, 0.3) is 0 Å². The van der Waals surface area contributed by atoms with Gasteiger partial charge in [0, 0.05) is 13.1 Å². The summed E-state index contributed by atoms with van der Waals surface area (Å²) in [6.07, 6.45) is 0. The van der Waals surface area contributed by atoms with Crippen molar-refractivity contribution in [1.29, 1.82) is 0 Å². The van der Waals surface area contributed by atoms with Gasteiger partial charge in [0.2, 0.25) is 5.91 Å². The summed E-state index contributed by atoms with van der Waals surface area (Å²) in [7, 11) is 4.05. The Morgan fingerprint density at radius 3 is 2.52 bits per heavy atom. The van der Waals surface area contributed by atoms with Crippen molar-refractivity contribution in [1.82, 2.24) is 15.5 Å². The summed E-state index contributed by atoms with van der Waals surface area (Å²) in [4.78, 5) is 14.3. The molecule has 1 aromatic rings. The van der Waals surface area contributed by atoms with Crippen molar-refractivity contribution in [2.75, 3.05) is 40.4 Å². The third-order valence-electron chi connectivity index (χ3n) is 3.79. The van der Waals surface area contributed by atoms with Crippen LogP contribution < -0.4 is 10.6 Å². The summed E-state index contributed by atoms with van der Waals surface area (Å²) in [5, 5.41) is 6.19. The van der Waals surface area contributed by atoms with Crippen molar-refractivity contribution in [2.24, 2.45) is 0 Å². The Morgan fingerprint density at radius 2 is 2.00 bits per heavy atom. The molecule has 132 valence electrons. The number of carbonyl (C=O) groups is 1.